The van der Waals surface area contributed by atoms with E-state index in [2.05, 4.69) is 29.1 Å². The molecule has 1 aliphatic heterocycles. The van der Waals surface area contributed by atoms with Gasteiger partial charge in [-0.15, -0.1) is 0 Å². The Morgan fingerprint density at radius 3 is 2.40 bits per heavy atom. The first-order valence-corrected chi connectivity index (χ1v) is 9.90. The van der Waals surface area contributed by atoms with Crippen LogP contribution < -0.4 is 5.32 Å². The molecule has 1 aliphatic rings. The monoisotopic (exact) mass is 349 g/mol. The van der Waals surface area contributed by atoms with Gasteiger partial charge in [0.05, 0.1) is 6.54 Å². The number of unbranched alkanes of at least 4 members (excludes halogenated alkanes) is 9. The molecule has 1 heterocycles. The smallest absolute Gasteiger partial charge is 0.278 e. The van der Waals surface area contributed by atoms with Gasteiger partial charge in [-0.05, 0) is 6.42 Å². The van der Waals surface area contributed by atoms with Crippen molar-refractivity contribution in [1.82, 2.24) is 5.32 Å². The van der Waals surface area contributed by atoms with Crippen molar-refractivity contribution < 1.29 is 9.44 Å². The van der Waals surface area contributed by atoms with Crippen LogP contribution in [0.4, 0.5) is 0 Å². The third-order valence-electron chi connectivity index (χ3n) is 4.70. The molecule has 0 aromatic carbocycles. The maximum atomic E-state index is 12.9. The van der Waals surface area contributed by atoms with E-state index in [4.69, 9.17) is 0 Å². The molecule has 25 heavy (non-hydrogen) atoms. The number of aliphatic imine (C=N–C) groups is 1. The minimum absolute atomic E-state index is 0.199. The predicted molar refractivity (Wildman–Crippen MR) is 104 cm³/mol. The number of hydroxylamine groups is 3. The Morgan fingerprint density at radius 2 is 1.80 bits per heavy atom. The molecule has 1 amide bonds. The first-order chi connectivity index (χ1) is 12.0. The third kappa shape index (κ3) is 8.02. The fourth-order valence-electron chi connectivity index (χ4n) is 3.11. The van der Waals surface area contributed by atoms with Gasteiger partial charge < -0.3 is 10.5 Å². The molecule has 2 atom stereocenters. The van der Waals surface area contributed by atoms with E-state index in [1.54, 1.807) is 6.92 Å². The number of rotatable bonds is 11. The predicted octanol–water partition coefficient (Wildman–Crippen LogP) is 4.12. The molecule has 5 heteroatoms. The van der Waals surface area contributed by atoms with Gasteiger partial charge in [0, 0.05) is 26.2 Å². The molecule has 0 aliphatic carbocycles. The van der Waals surface area contributed by atoms with E-state index in [1.165, 1.54) is 58.3 Å². The Labute approximate surface area is 153 Å². The lowest BCUT2D eigenvalue weighted by Crippen LogP contribution is -2.58. The quantitative estimate of drug-likeness (QED) is 0.264. The Balaban J connectivity index is 2.23. The van der Waals surface area contributed by atoms with Crippen molar-refractivity contribution in [3.8, 4) is 11.8 Å². The van der Waals surface area contributed by atoms with Gasteiger partial charge >= 0.3 is 0 Å². The van der Waals surface area contributed by atoms with E-state index in [9.17, 15) is 10.0 Å². The van der Waals surface area contributed by atoms with Gasteiger partial charge in [-0.25, -0.2) is 4.99 Å². The topological polar surface area (TPSA) is 64.5 Å². The van der Waals surface area contributed by atoms with Crippen LogP contribution in [-0.4, -0.2) is 35.6 Å². The van der Waals surface area contributed by atoms with Crippen LogP contribution in [0.15, 0.2) is 4.99 Å². The van der Waals surface area contributed by atoms with Crippen LogP contribution >= 0.6 is 0 Å². The standard InChI is InChI=1S/C20H35N3O2/c1-4-5-6-7-8-9-10-11-12-13-14-15-20-21-16-17-23(20,25)18(2)22-19(3)24/h18H,4-13,16-17H2,1-3H3,(H,22,24). The average Bonchev–Trinajstić information content (AvgIpc) is 2.94. The average molecular weight is 350 g/mol. The second kappa shape index (κ2) is 12.1. The summed E-state index contributed by atoms with van der Waals surface area (Å²) in [7, 11) is 0. The third-order valence-corrected chi connectivity index (χ3v) is 4.70. The number of nitrogens with one attached hydrogen (secondary N) is 1. The Morgan fingerprint density at radius 1 is 1.20 bits per heavy atom. The maximum absolute atomic E-state index is 12.9. The van der Waals surface area contributed by atoms with Gasteiger partial charge in [0.1, 0.15) is 6.54 Å². The number of nitrogens with zero attached hydrogens (tertiary/aromatic N) is 2. The molecule has 1 rings (SSSR count). The lowest BCUT2D eigenvalue weighted by molar-refractivity contribution is -0.809. The molecule has 0 saturated heterocycles. The van der Waals surface area contributed by atoms with Crippen molar-refractivity contribution in [2.24, 2.45) is 4.99 Å². The molecule has 0 aromatic rings. The van der Waals surface area contributed by atoms with Gasteiger partial charge in [-0.1, -0.05) is 64.2 Å². The molecule has 0 saturated carbocycles. The van der Waals surface area contributed by atoms with E-state index in [-0.39, 0.29) is 5.91 Å². The zero-order valence-corrected chi connectivity index (χ0v) is 16.3. The maximum Gasteiger partial charge on any atom is 0.278 e. The number of carbonyl (C=O) groups is 1. The van der Waals surface area contributed by atoms with E-state index < -0.39 is 10.8 Å². The second-order valence-corrected chi connectivity index (χ2v) is 6.98. The summed E-state index contributed by atoms with van der Waals surface area (Å²) < 4.78 is -0.635. The van der Waals surface area contributed by atoms with E-state index in [1.807, 2.05) is 0 Å². The van der Waals surface area contributed by atoms with Crippen LogP contribution in [0, 0.1) is 17.0 Å². The second-order valence-electron chi connectivity index (χ2n) is 6.98. The molecule has 142 valence electrons. The molecule has 5 nitrogen and oxygen atoms in total. The number of hydrogen-bond acceptors (Lipinski definition) is 3. The normalized spacial score (nSPS) is 20.6. The van der Waals surface area contributed by atoms with Gasteiger partial charge in [0.25, 0.3) is 5.84 Å². The van der Waals surface area contributed by atoms with Crippen LogP contribution in [0.5, 0.6) is 0 Å². The fraction of sp³-hybridized carbons (Fsp3) is 0.800. The first-order valence-electron chi connectivity index (χ1n) is 9.90. The van der Waals surface area contributed by atoms with Crippen LogP contribution in [0.2, 0.25) is 0 Å². The van der Waals surface area contributed by atoms with Crippen LogP contribution in [0.1, 0.15) is 85.0 Å². The van der Waals surface area contributed by atoms with Crippen LogP contribution in [-0.2, 0) is 4.79 Å². The molecule has 0 aromatic heterocycles. The molecular weight excluding hydrogens is 314 g/mol. The molecule has 0 radical (unpaired) electrons. The van der Waals surface area contributed by atoms with Crippen LogP contribution in [0.25, 0.3) is 0 Å². The largest absolute Gasteiger partial charge is 0.624 e. The lowest BCUT2D eigenvalue weighted by atomic mass is 10.1. The van der Waals surface area contributed by atoms with Crippen LogP contribution in [0.3, 0.4) is 0 Å². The molecule has 0 fully saturated rings. The van der Waals surface area contributed by atoms with Crippen molar-refractivity contribution in [2.75, 3.05) is 13.1 Å². The highest BCUT2D eigenvalue weighted by atomic mass is 16.6. The zero-order chi connectivity index (χ0) is 18.5. The summed E-state index contributed by atoms with van der Waals surface area (Å²) in [6, 6.07) is 0. The van der Waals surface area contributed by atoms with Crippen molar-refractivity contribution in [1.29, 1.82) is 0 Å². The molecule has 1 N–H and O–H groups in total. The van der Waals surface area contributed by atoms with E-state index in [0.717, 1.165) is 12.8 Å². The zero-order valence-electron chi connectivity index (χ0n) is 16.3. The summed E-state index contributed by atoms with van der Waals surface area (Å²) in [6.45, 7) is 6.22. The van der Waals surface area contributed by atoms with E-state index in [0.29, 0.717) is 18.9 Å². The fourth-order valence-corrected chi connectivity index (χ4v) is 3.11. The van der Waals surface area contributed by atoms with Crippen molar-refractivity contribution in [3.63, 3.8) is 0 Å². The van der Waals surface area contributed by atoms with Gasteiger partial charge in [0.2, 0.25) is 5.91 Å². The first kappa shape index (κ1) is 21.7. The summed E-state index contributed by atoms with van der Waals surface area (Å²) in [5.41, 5.74) is 0. The molecule has 2 unspecified atom stereocenters. The van der Waals surface area contributed by atoms with Gasteiger partial charge in [-0.3, -0.25) is 9.44 Å². The molecule has 0 bridgehead atoms. The van der Waals surface area contributed by atoms with Crippen molar-refractivity contribution in [3.05, 3.63) is 5.21 Å². The van der Waals surface area contributed by atoms with Gasteiger partial charge in [-0.2, -0.15) is 0 Å². The number of carbonyl (C=O) groups excluding carboxylic acids is 1. The summed E-state index contributed by atoms with van der Waals surface area (Å²) >= 11 is 0. The number of amides is 1. The van der Waals surface area contributed by atoms with Crippen molar-refractivity contribution in [2.45, 2.75) is 91.1 Å². The molecule has 0 spiro atoms. The minimum Gasteiger partial charge on any atom is -0.624 e. The Bertz CT molecular complexity index is 493. The number of quaternary nitrogens is 1. The number of hydrogen-bond donors (Lipinski definition) is 1. The SMILES string of the molecule is CCCCCCCCCCCC#CC1=NCC[N+]1([O-])C(C)NC(C)=O. The molecular formula is C20H35N3O2. The lowest BCUT2D eigenvalue weighted by Gasteiger charge is -2.41. The highest BCUT2D eigenvalue weighted by Gasteiger charge is 2.34. The summed E-state index contributed by atoms with van der Waals surface area (Å²) in [6.07, 6.45) is 11.9. The van der Waals surface area contributed by atoms with E-state index >= 15 is 0 Å². The number of amidine groups is 1. The Kier molecular flexibility index (Phi) is 10.4. The summed E-state index contributed by atoms with van der Waals surface area (Å²) in [5.74, 6) is 6.22. The Hall–Kier alpha value is -1.38. The summed E-state index contributed by atoms with van der Waals surface area (Å²) in [4.78, 5) is 15.4. The highest BCUT2D eigenvalue weighted by Crippen LogP contribution is 2.17. The van der Waals surface area contributed by atoms with Crippen molar-refractivity contribution >= 4 is 11.7 Å². The van der Waals surface area contributed by atoms with Gasteiger partial charge in [0.15, 0.2) is 6.17 Å². The minimum atomic E-state index is -0.635. The highest BCUT2D eigenvalue weighted by molar-refractivity contribution is 5.94. The summed E-state index contributed by atoms with van der Waals surface area (Å²) in [5, 5.41) is 15.5.